The fourth-order valence-corrected chi connectivity index (χ4v) is 3.46. The van der Waals surface area contributed by atoms with Crippen molar-refractivity contribution < 1.29 is 19.6 Å². The van der Waals surface area contributed by atoms with Gasteiger partial charge >= 0.3 is 0 Å². The standard InChI is InChI=1S/C24H26N4O4/c1-18(29)28-15-13-27(14-16-28)17-19-5-2-3-8-22(19)23(30)11-9-20-6-4-7-21(25-20)10-12-24(31)26-32/h2-12,32H,13-17H2,1H3,(H,26,31)/b11-9+,12-10+. The van der Waals surface area contributed by atoms with Crippen molar-refractivity contribution in [2.75, 3.05) is 26.2 Å². The van der Waals surface area contributed by atoms with E-state index in [0.29, 0.717) is 36.6 Å². The second kappa shape index (κ2) is 11.1. The predicted molar refractivity (Wildman–Crippen MR) is 121 cm³/mol. The number of rotatable bonds is 7. The molecule has 1 aliphatic rings. The molecule has 2 amide bonds. The maximum Gasteiger partial charge on any atom is 0.267 e. The summed E-state index contributed by atoms with van der Waals surface area (Å²) in [4.78, 5) is 43.9. The molecule has 1 aromatic heterocycles. The van der Waals surface area contributed by atoms with Crippen LogP contribution in [-0.4, -0.2) is 63.8 Å². The Bertz CT molecular complexity index is 1040. The second-order valence-electron chi connectivity index (χ2n) is 7.43. The molecule has 0 bridgehead atoms. The first kappa shape index (κ1) is 23.1. The topological polar surface area (TPSA) is 103 Å². The fraction of sp³-hybridized carbons (Fsp3) is 0.250. The number of nitrogens with zero attached hydrogens (tertiary/aromatic N) is 3. The first-order valence-corrected chi connectivity index (χ1v) is 10.3. The number of hydrogen-bond donors (Lipinski definition) is 2. The lowest BCUT2D eigenvalue weighted by Gasteiger charge is -2.34. The van der Waals surface area contributed by atoms with Gasteiger partial charge in [0.1, 0.15) is 0 Å². The zero-order valence-corrected chi connectivity index (χ0v) is 17.9. The highest BCUT2D eigenvalue weighted by molar-refractivity contribution is 6.07. The number of amides is 2. The van der Waals surface area contributed by atoms with Gasteiger partial charge in [0.05, 0.1) is 11.4 Å². The number of pyridine rings is 1. The molecule has 1 fully saturated rings. The molecule has 2 heterocycles. The smallest absolute Gasteiger partial charge is 0.267 e. The van der Waals surface area contributed by atoms with Gasteiger partial charge < -0.3 is 4.90 Å². The van der Waals surface area contributed by atoms with E-state index in [1.165, 1.54) is 17.6 Å². The normalized spacial score (nSPS) is 14.8. The van der Waals surface area contributed by atoms with E-state index >= 15 is 0 Å². The van der Waals surface area contributed by atoms with Crippen LogP contribution in [0.15, 0.2) is 54.6 Å². The van der Waals surface area contributed by atoms with Crippen LogP contribution < -0.4 is 5.48 Å². The van der Waals surface area contributed by atoms with E-state index in [2.05, 4.69) is 9.88 Å². The molecule has 8 heteroatoms. The number of hydroxylamine groups is 1. The summed E-state index contributed by atoms with van der Waals surface area (Å²) in [6.45, 7) is 5.17. The Morgan fingerprint density at radius 2 is 1.62 bits per heavy atom. The Morgan fingerprint density at radius 1 is 0.969 bits per heavy atom. The summed E-state index contributed by atoms with van der Waals surface area (Å²) in [5.41, 5.74) is 4.19. The van der Waals surface area contributed by atoms with Gasteiger partial charge in [-0.25, -0.2) is 10.5 Å². The van der Waals surface area contributed by atoms with E-state index in [9.17, 15) is 14.4 Å². The lowest BCUT2D eigenvalue weighted by Crippen LogP contribution is -2.47. The van der Waals surface area contributed by atoms with Crippen molar-refractivity contribution in [1.82, 2.24) is 20.3 Å². The third kappa shape index (κ3) is 6.44. The first-order valence-electron chi connectivity index (χ1n) is 10.3. The summed E-state index contributed by atoms with van der Waals surface area (Å²) < 4.78 is 0. The minimum atomic E-state index is -0.651. The summed E-state index contributed by atoms with van der Waals surface area (Å²) >= 11 is 0. The SMILES string of the molecule is CC(=O)N1CCN(Cc2ccccc2C(=O)/C=C/c2cccc(/C=C/C(=O)NO)n2)CC1. The molecule has 32 heavy (non-hydrogen) atoms. The molecule has 2 N–H and O–H groups in total. The molecule has 0 spiro atoms. The van der Waals surface area contributed by atoms with Gasteiger partial charge in [-0.15, -0.1) is 0 Å². The van der Waals surface area contributed by atoms with E-state index in [4.69, 9.17) is 5.21 Å². The lowest BCUT2D eigenvalue weighted by molar-refractivity contribution is -0.130. The third-order valence-electron chi connectivity index (χ3n) is 5.21. The molecule has 1 aromatic carbocycles. The minimum Gasteiger partial charge on any atom is -0.340 e. The highest BCUT2D eigenvalue weighted by Crippen LogP contribution is 2.15. The molecule has 0 saturated carbocycles. The molecule has 0 atom stereocenters. The number of aromatic nitrogens is 1. The Labute approximate surface area is 186 Å². The number of carbonyl (C=O) groups is 3. The number of benzene rings is 1. The van der Waals surface area contributed by atoms with Crippen LogP contribution in [0.1, 0.15) is 34.2 Å². The molecule has 1 saturated heterocycles. The Morgan fingerprint density at radius 3 is 2.28 bits per heavy atom. The monoisotopic (exact) mass is 434 g/mol. The van der Waals surface area contributed by atoms with Gasteiger partial charge in [0, 0.05) is 51.3 Å². The van der Waals surface area contributed by atoms with Gasteiger partial charge in [-0.05, 0) is 35.9 Å². The number of nitrogens with one attached hydrogen (secondary N) is 1. The summed E-state index contributed by atoms with van der Waals surface area (Å²) in [5.74, 6) is -0.678. The third-order valence-corrected chi connectivity index (χ3v) is 5.21. The average Bonchev–Trinajstić information content (AvgIpc) is 2.82. The molecule has 0 aliphatic carbocycles. The van der Waals surface area contributed by atoms with Crippen LogP contribution in [-0.2, 0) is 16.1 Å². The van der Waals surface area contributed by atoms with E-state index in [1.54, 1.807) is 31.2 Å². The maximum atomic E-state index is 12.9. The highest BCUT2D eigenvalue weighted by atomic mass is 16.5. The molecular weight excluding hydrogens is 408 g/mol. The number of piperazine rings is 1. The van der Waals surface area contributed by atoms with Gasteiger partial charge in [-0.3, -0.25) is 24.5 Å². The van der Waals surface area contributed by atoms with Crippen molar-refractivity contribution in [3.8, 4) is 0 Å². The molecule has 2 aromatic rings. The van der Waals surface area contributed by atoms with Crippen molar-refractivity contribution >= 4 is 29.7 Å². The van der Waals surface area contributed by atoms with Gasteiger partial charge in [0.15, 0.2) is 5.78 Å². The van der Waals surface area contributed by atoms with Crippen molar-refractivity contribution in [3.63, 3.8) is 0 Å². The van der Waals surface area contributed by atoms with Crippen LogP contribution in [0.5, 0.6) is 0 Å². The van der Waals surface area contributed by atoms with E-state index in [-0.39, 0.29) is 11.7 Å². The van der Waals surface area contributed by atoms with Crippen molar-refractivity contribution in [1.29, 1.82) is 0 Å². The molecule has 0 unspecified atom stereocenters. The van der Waals surface area contributed by atoms with E-state index in [0.717, 1.165) is 24.7 Å². The summed E-state index contributed by atoms with van der Waals surface area (Å²) in [7, 11) is 0. The average molecular weight is 434 g/mol. The number of carbonyl (C=O) groups excluding carboxylic acids is 3. The van der Waals surface area contributed by atoms with Crippen LogP contribution in [0.2, 0.25) is 0 Å². The van der Waals surface area contributed by atoms with E-state index in [1.807, 2.05) is 29.2 Å². The fourth-order valence-electron chi connectivity index (χ4n) is 3.46. The van der Waals surface area contributed by atoms with Gasteiger partial charge in [-0.1, -0.05) is 30.3 Å². The van der Waals surface area contributed by atoms with E-state index < -0.39 is 5.91 Å². The van der Waals surface area contributed by atoms with Crippen molar-refractivity contribution in [2.45, 2.75) is 13.5 Å². The summed E-state index contributed by atoms with van der Waals surface area (Å²) in [6.07, 6.45) is 5.75. The number of allylic oxidation sites excluding steroid dienone is 1. The van der Waals surface area contributed by atoms with Crippen molar-refractivity contribution in [2.24, 2.45) is 0 Å². The summed E-state index contributed by atoms with van der Waals surface area (Å²) in [6, 6.07) is 12.8. The van der Waals surface area contributed by atoms with Gasteiger partial charge in [-0.2, -0.15) is 0 Å². The Balaban J connectivity index is 1.67. The molecular formula is C24H26N4O4. The lowest BCUT2D eigenvalue weighted by atomic mass is 10.0. The predicted octanol–water partition coefficient (Wildman–Crippen LogP) is 2.16. The molecule has 166 valence electrons. The number of ketones is 1. The van der Waals surface area contributed by atoms with Gasteiger partial charge in [0.25, 0.3) is 5.91 Å². The Kier molecular flexibility index (Phi) is 8.02. The first-order chi connectivity index (χ1) is 15.5. The minimum absolute atomic E-state index is 0.0928. The molecule has 8 nitrogen and oxygen atoms in total. The Hall–Kier alpha value is -3.62. The largest absolute Gasteiger partial charge is 0.340 e. The van der Waals surface area contributed by atoms with Crippen LogP contribution in [0, 0.1) is 0 Å². The van der Waals surface area contributed by atoms with Crippen LogP contribution in [0.4, 0.5) is 0 Å². The van der Waals surface area contributed by atoms with Crippen LogP contribution in [0.3, 0.4) is 0 Å². The van der Waals surface area contributed by atoms with Crippen LogP contribution in [0.25, 0.3) is 12.2 Å². The second-order valence-corrected chi connectivity index (χ2v) is 7.43. The molecule has 3 rings (SSSR count). The summed E-state index contributed by atoms with van der Waals surface area (Å²) in [5, 5.41) is 8.54. The van der Waals surface area contributed by atoms with Crippen LogP contribution >= 0.6 is 0 Å². The number of hydrogen-bond acceptors (Lipinski definition) is 6. The zero-order chi connectivity index (χ0) is 22.9. The molecule has 1 aliphatic heterocycles. The quantitative estimate of drug-likeness (QED) is 0.300. The maximum absolute atomic E-state index is 12.9. The van der Waals surface area contributed by atoms with Crippen molar-refractivity contribution in [3.05, 3.63) is 77.1 Å². The van der Waals surface area contributed by atoms with Gasteiger partial charge in [0.2, 0.25) is 5.91 Å². The molecule has 0 radical (unpaired) electrons. The zero-order valence-electron chi connectivity index (χ0n) is 17.9. The highest BCUT2D eigenvalue weighted by Gasteiger charge is 2.20.